The van der Waals surface area contributed by atoms with Crippen LogP contribution in [0.3, 0.4) is 0 Å². The van der Waals surface area contributed by atoms with Gasteiger partial charge in [0.2, 0.25) is 0 Å². The second-order valence-electron chi connectivity index (χ2n) is 5.88. The zero-order valence-electron chi connectivity index (χ0n) is 12.7. The summed E-state index contributed by atoms with van der Waals surface area (Å²) in [5, 5.41) is 6.71. The highest BCUT2D eigenvalue weighted by atomic mass is 32.2. The third kappa shape index (κ3) is 2.95. The van der Waals surface area contributed by atoms with Crippen molar-refractivity contribution in [2.75, 3.05) is 17.3 Å². The van der Waals surface area contributed by atoms with Gasteiger partial charge in [0.05, 0.1) is 0 Å². The van der Waals surface area contributed by atoms with Crippen LogP contribution in [0.2, 0.25) is 0 Å². The number of nitrogens with one attached hydrogen (secondary N) is 1. The van der Waals surface area contributed by atoms with E-state index in [2.05, 4.69) is 28.7 Å². The topological polar surface area (TPSA) is 50.9 Å². The van der Waals surface area contributed by atoms with Crippen molar-refractivity contribution >= 4 is 33.9 Å². The molecule has 3 N–H and O–H groups in total. The van der Waals surface area contributed by atoms with Crippen LogP contribution < -0.4 is 11.1 Å². The molecule has 1 aromatic carbocycles. The molecule has 21 heavy (non-hydrogen) atoms. The Balaban J connectivity index is 1.96. The highest BCUT2D eigenvalue weighted by Crippen LogP contribution is 2.33. The lowest BCUT2D eigenvalue weighted by molar-refractivity contribution is 0.475. The molecule has 1 fully saturated rings. The number of hydrogen-bond acceptors (Lipinski definition) is 4. The number of nitrogen functional groups attached to an aromatic ring is 1. The molecule has 3 nitrogen and oxygen atoms in total. The van der Waals surface area contributed by atoms with Crippen LogP contribution in [0.1, 0.15) is 31.4 Å². The molecular weight excluding hydrogens is 278 g/mol. The molecule has 0 amide bonds. The maximum atomic E-state index is 6.09. The molecule has 112 valence electrons. The first-order valence-electron chi connectivity index (χ1n) is 7.63. The Morgan fingerprint density at radius 3 is 2.86 bits per heavy atom. The summed E-state index contributed by atoms with van der Waals surface area (Å²) in [6.45, 7) is 2.03. The zero-order valence-corrected chi connectivity index (χ0v) is 13.5. The smallest absolute Gasteiger partial charge is 0.0425 e. The number of benzene rings is 1. The van der Waals surface area contributed by atoms with Crippen molar-refractivity contribution in [3.05, 3.63) is 30.1 Å². The minimum absolute atomic E-state index is 0.550. The van der Waals surface area contributed by atoms with Gasteiger partial charge in [0.15, 0.2) is 0 Å². The van der Waals surface area contributed by atoms with Crippen LogP contribution in [-0.4, -0.2) is 22.5 Å². The lowest BCUT2D eigenvalue weighted by atomic mass is 9.94. The average molecular weight is 301 g/mol. The molecule has 0 radical (unpaired) electrons. The first kappa shape index (κ1) is 14.5. The predicted molar refractivity (Wildman–Crippen MR) is 94.1 cm³/mol. The first-order valence-corrected chi connectivity index (χ1v) is 8.92. The van der Waals surface area contributed by atoms with E-state index in [9.17, 15) is 0 Å². The molecule has 4 heteroatoms. The number of rotatable bonds is 3. The number of fused-ring (bicyclic) bond motifs is 1. The van der Waals surface area contributed by atoms with Crippen LogP contribution in [0, 0.1) is 6.92 Å². The standard InChI is InChI=1S/C17H23N3S/c1-11-9-12-13(10-19-11)14(18)7-8-15(12)20-16-5-3-4-6-17(16)21-2/h7-10,16-17,20H,3-6,18H2,1-2H3. The van der Waals surface area contributed by atoms with Gasteiger partial charge in [-0.1, -0.05) is 12.8 Å². The third-order valence-electron chi connectivity index (χ3n) is 4.42. The van der Waals surface area contributed by atoms with Crippen molar-refractivity contribution in [2.45, 2.75) is 43.9 Å². The van der Waals surface area contributed by atoms with E-state index < -0.39 is 0 Å². The summed E-state index contributed by atoms with van der Waals surface area (Å²) in [6, 6.07) is 6.78. The third-order valence-corrected chi connectivity index (χ3v) is 5.59. The SMILES string of the molecule is CSC1CCCCC1Nc1ccc(N)c2cnc(C)cc12. The van der Waals surface area contributed by atoms with E-state index in [4.69, 9.17) is 5.73 Å². The maximum Gasteiger partial charge on any atom is 0.0425 e. The number of pyridine rings is 1. The summed E-state index contributed by atoms with van der Waals surface area (Å²) in [6.07, 6.45) is 9.35. The minimum Gasteiger partial charge on any atom is -0.398 e. The second-order valence-corrected chi connectivity index (χ2v) is 6.96. The highest BCUT2D eigenvalue weighted by Gasteiger charge is 2.24. The molecule has 1 aliphatic rings. The molecule has 2 unspecified atom stereocenters. The Morgan fingerprint density at radius 2 is 2.05 bits per heavy atom. The largest absolute Gasteiger partial charge is 0.398 e. The van der Waals surface area contributed by atoms with Gasteiger partial charge < -0.3 is 11.1 Å². The van der Waals surface area contributed by atoms with Crippen LogP contribution in [0.5, 0.6) is 0 Å². The fourth-order valence-corrected chi connectivity index (χ4v) is 4.17. The molecule has 3 rings (SSSR count). The Bertz CT molecular complexity index is 641. The van der Waals surface area contributed by atoms with Crippen LogP contribution >= 0.6 is 11.8 Å². The van der Waals surface area contributed by atoms with E-state index in [1.165, 1.54) is 36.8 Å². The molecule has 1 aliphatic carbocycles. The summed E-state index contributed by atoms with van der Waals surface area (Å²) >= 11 is 1.99. The monoisotopic (exact) mass is 301 g/mol. The molecule has 0 bridgehead atoms. The van der Waals surface area contributed by atoms with Gasteiger partial charge in [-0.25, -0.2) is 0 Å². The summed E-state index contributed by atoms with van der Waals surface area (Å²) in [5.74, 6) is 0. The molecule has 2 aromatic rings. The van der Waals surface area contributed by atoms with E-state index in [0.717, 1.165) is 16.8 Å². The Labute approximate surface area is 130 Å². The fraction of sp³-hybridized carbons (Fsp3) is 0.471. The van der Waals surface area contributed by atoms with Crippen molar-refractivity contribution in [3.63, 3.8) is 0 Å². The van der Waals surface area contributed by atoms with Gasteiger partial charge in [-0.05, 0) is 44.2 Å². The maximum absolute atomic E-state index is 6.09. The number of aryl methyl sites for hydroxylation is 1. The number of aromatic nitrogens is 1. The van der Waals surface area contributed by atoms with Crippen LogP contribution in [0.4, 0.5) is 11.4 Å². The van der Waals surface area contributed by atoms with E-state index in [0.29, 0.717) is 11.3 Å². The van der Waals surface area contributed by atoms with Gasteiger partial charge in [-0.3, -0.25) is 4.98 Å². The van der Waals surface area contributed by atoms with Gasteiger partial charge in [0, 0.05) is 45.3 Å². The van der Waals surface area contributed by atoms with E-state index in [1.807, 2.05) is 30.9 Å². The average Bonchev–Trinajstić information content (AvgIpc) is 2.50. The van der Waals surface area contributed by atoms with Gasteiger partial charge in [-0.2, -0.15) is 11.8 Å². The number of nitrogens with zero attached hydrogens (tertiary/aromatic N) is 1. The predicted octanol–water partition coefficient (Wildman–Crippen LogP) is 4.21. The van der Waals surface area contributed by atoms with Gasteiger partial charge in [-0.15, -0.1) is 0 Å². The van der Waals surface area contributed by atoms with Crippen molar-refractivity contribution in [2.24, 2.45) is 0 Å². The van der Waals surface area contributed by atoms with Crippen molar-refractivity contribution in [1.29, 1.82) is 0 Å². The fourth-order valence-electron chi connectivity index (χ4n) is 3.24. The molecular formula is C17H23N3S. The lowest BCUT2D eigenvalue weighted by Gasteiger charge is -2.32. The zero-order chi connectivity index (χ0) is 14.8. The van der Waals surface area contributed by atoms with E-state index in [1.54, 1.807) is 0 Å². The quantitative estimate of drug-likeness (QED) is 0.834. The van der Waals surface area contributed by atoms with Crippen LogP contribution in [0.25, 0.3) is 10.8 Å². The number of hydrogen-bond donors (Lipinski definition) is 2. The Hall–Kier alpha value is -1.42. The van der Waals surface area contributed by atoms with E-state index in [-0.39, 0.29) is 0 Å². The molecule has 1 heterocycles. The summed E-state index contributed by atoms with van der Waals surface area (Å²) < 4.78 is 0. The molecule has 0 spiro atoms. The number of thioether (sulfide) groups is 1. The minimum atomic E-state index is 0.550. The Morgan fingerprint density at radius 1 is 1.24 bits per heavy atom. The van der Waals surface area contributed by atoms with Crippen LogP contribution in [0.15, 0.2) is 24.4 Å². The van der Waals surface area contributed by atoms with Crippen LogP contribution in [-0.2, 0) is 0 Å². The number of nitrogens with two attached hydrogens (primary N) is 1. The van der Waals surface area contributed by atoms with Gasteiger partial charge in [0.25, 0.3) is 0 Å². The lowest BCUT2D eigenvalue weighted by Crippen LogP contribution is -2.34. The van der Waals surface area contributed by atoms with Crippen molar-refractivity contribution < 1.29 is 0 Å². The summed E-state index contributed by atoms with van der Waals surface area (Å²) in [4.78, 5) is 4.38. The summed E-state index contributed by atoms with van der Waals surface area (Å²) in [7, 11) is 0. The van der Waals surface area contributed by atoms with E-state index >= 15 is 0 Å². The van der Waals surface area contributed by atoms with Gasteiger partial charge >= 0.3 is 0 Å². The molecule has 1 aromatic heterocycles. The normalized spacial score (nSPS) is 22.4. The molecule has 0 saturated heterocycles. The summed E-state index contributed by atoms with van der Waals surface area (Å²) in [5.41, 5.74) is 9.11. The van der Waals surface area contributed by atoms with Crippen molar-refractivity contribution in [3.8, 4) is 0 Å². The number of anilines is 2. The van der Waals surface area contributed by atoms with Crippen molar-refractivity contribution in [1.82, 2.24) is 4.98 Å². The molecule has 2 atom stereocenters. The highest BCUT2D eigenvalue weighted by molar-refractivity contribution is 7.99. The second kappa shape index (κ2) is 6.14. The molecule has 1 saturated carbocycles. The molecule has 0 aliphatic heterocycles. The van der Waals surface area contributed by atoms with Gasteiger partial charge in [0.1, 0.15) is 0 Å². The Kier molecular flexibility index (Phi) is 4.24. The first-order chi connectivity index (χ1) is 10.2.